The van der Waals surface area contributed by atoms with Gasteiger partial charge >= 0.3 is 5.97 Å². The van der Waals surface area contributed by atoms with Crippen molar-refractivity contribution < 1.29 is 14.3 Å². The second-order valence-corrected chi connectivity index (χ2v) is 5.76. The van der Waals surface area contributed by atoms with Crippen LogP contribution in [0.1, 0.15) is 56.5 Å². The molecule has 1 N–H and O–H groups in total. The third-order valence-electron chi connectivity index (χ3n) is 3.80. The maximum absolute atomic E-state index is 10.9. The Morgan fingerprint density at radius 1 is 1.42 bits per heavy atom. The average Bonchev–Trinajstić information content (AvgIpc) is 2.98. The Hall–Kier alpha value is -1.45. The molecule has 1 aromatic rings. The molecule has 0 unspecified atom stereocenters. The number of nitrogens with zero attached hydrogens (tertiary/aromatic N) is 1. The molecule has 2 rings (SSSR count). The average molecular weight is 265 g/mol. The minimum atomic E-state index is -0.999. The summed E-state index contributed by atoms with van der Waals surface area (Å²) < 4.78 is 5.48. The van der Waals surface area contributed by atoms with E-state index in [0.717, 1.165) is 13.0 Å². The van der Waals surface area contributed by atoms with Crippen molar-refractivity contribution in [3.63, 3.8) is 0 Å². The summed E-state index contributed by atoms with van der Waals surface area (Å²) in [5.74, 6) is 0.381. The summed E-state index contributed by atoms with van der Waals surface area (Å²) in [6, 6.07) is 3.85. The van der Waals surface area contributed by atoms with Crippen LogP contribution in [-0.2, 0) is 0 Å². The molecular formula is C15H23NO3. The van der Waals surface area contributed by atoms with Crippen molar-refractivity contribution in [2.45, 2.75) is 52.0 Å². The van der Waals surface area contributed by atoms with Gasteiger partial charge in [-0.05, 0) is 31.2 Å². The van der Waals surface area contributed by atoms with Crippen molar-refractivity contribution in [1.82, 2.24) is 0 Å². The fourth-order valence-electron chi connectivity index (χ4n) is 2.68. The molecule has 4 heteroatoms. The maximum Gasteiger partial charge on any atom is 0.371 e. The molecule has 106 valence electrons. The summed E-state index contributed by atoms with van der Waals surface area (Å²) >= 11 is 0. The zero-order valence-corrected chi connectivity index (χ0v) is 11.8. The van der Waals surface area contributed by atoms with Crippen LogP contribution < -0.4 is 4.90 Å². The molecule has 1 saturated carbocycles. The van der Waals surface area contributed by atoms with Crippen molar-refractivity contribution in [3.8, 4) is 0 Å². The highest BCUT2D eigenvalue weighted by Gasteiger charge is 2.25. The summed E-state index contributed by atoms with van der Waals surface area (Å²) in [6.07, 6.45) is 5.98. The molecule has 0 aliphatic heterocycles. The van der Waals surface area contributed by atoms with Gasteiger partial charge in [0, 0.05) is 18.7 Å². The van der Waals surface area contributed by atoms with Crippen LogP contribution in [0.2, 0.25) is 0 Å². The number of carbonyl (C=O) groups is 1. The lowest BCUT2D eigenvalue weighted by molar-refractivity contribution is 0.0663. The van der Waals surface area contributed by atoms with Gasteiger partial charge in [0.05, 0.1) is 0 Å². The van der Waals surface area contributed by atoms with E-state index in [2.05, 4.69) is 18.7 Å². The molecule has 0 aromatic carbocycles. The molecule has 0 bridgehead atoms. The molecular weight excluding hydrogens is 242 g/mol. The summed E-state index contributed by atoms with van der Waals surface area (Å²) in [5, 5.41) is 8.95. The van der Waals surface area contributed by atoms with E-state index < -0.39 is 5.97 Å². The fraction of sp³-hybridized carbons (Fsp3) is 0.667. The summed E-state index contributed by atoms with van der Waals surface area (Å²) in [5.41, 5.74) is 0. The molecule has 0 radical (unpaired) electrons. The van der Waals surface area contributed by atoms with Gasteiger partial charge in [-0.1, -0.05) is 26.7 Å². The molecule has 1 heterocycles. The molecule has 0 saturated heterocycles. The van der Waals surface area contributed by atoms with E-state index in [1.807, 2.05) is 0 Å². The van der Waals surface area contributed by atoms with E-state index in [0.29, 0.717) is 17.8 Å². The Kier molecular flexibility index (Phi) is 4.51. The molecule has 0 atom stereocenters. The number of furan rings is 1. The summed E-state index contributed by atoms with van der Waals surface area (Å²) in [7, 11) is 0. The Morgan fingerprint density at radius 3 is 2.63 bits per heavy atom. The van der Waals surface area contributed by atoms with Crippen LogP contribution in [0.25, 0.3) is 0 Å². The normalized spacial score (nSPS) is 16.2. The Balaban J connectivity index is 2.12. The number of hydrogen-bond acceptors (Lipinski definition) is 3. The number of carboxylic acids is 1. The lowest BCUT2D eigenvalue weighted by atomic mass is 10.1. The van der Waals surface area contributed by atoms with Gasteiger partial charge in [-0.15, -0.1) is 0 Å². The van der Waals surface area contributed by atoms with Gasteiger partial charge in [-0.25, -0.2) is 4.79 Å². The van der Waals surface area contributed by atoms with Gasteiger partial charge in [-0.2, -0.15) is 0 Å². The molecule has 0 spiro atoms. The van der Waals surface area contributed by atoms with E-state index in [9.17, 15) is 4.79 Å². The van der Waals surface area contributed by atoms with Gasteiger partial charge in [0.15, 0.2) is 5.88 Å². The lowest BCUT2D eigenvalue weighted by Gasteiger charge is -2.29. The summed E-state index contributed by atoms with van der Waals surface area (Å²) in [6.45, 7) is 5.35. The highest BCUT2D eigenvalue weighted by atomic mass is 16.4. The van der Waals surface area contributed by atoms with E-state index in [1.54, 1.807) is 12.1 Å². The van der Waals surface area contributed by atoms with Crippen LogP contribution in [0.15, 0.2) is 16.5 Å². The van der Waals surface area contributed by atoms with Gasteiger partial charge in [0.1, 0.15) is 0 Å². The van der Waals surface area contributed by atoms with E-state index >= 15 is 0 Å². The molecule has 4 nitrogen and oxygen atoms in total. The van der Waals surface area contributed by atoms with E-state index in [1.165, 1.54) is 25.7 Å². The predicted molar refractivity (Wildman–Crippen MR) is 74.7 cm³/mol. The third kappa shape index (κ3) is 3.52. The SMILES string of the molecule is CC(C)CCN(c1ccc(C(=O)O)o1)C1CCCC1. The van der Waals surface area contributed by atoms with Crippen LogP contribution in [-0.4, -0.2) is 23.7 Å². The van der Waals surface area contributed by atoms with Gasteiger partial charge in [0.25, 0.3) is 0 Å². The minimum Gasteiger partial charge on any atom is -0.475 e. The molecule has 19 heavy (non-hydrogen) atoms. The minimum absolute atomic E-state index is 0.0301. The second kappa shape index (κ2) is 6.13. The van der Waals surface area contributed by atoms with Crippen molar-refractivity contribution >= 4 is 11.9 Å². The third-order valence-corrected chi connectivity index (χ3v) is 3.80. The number of rotatable bonds is 6. The number of anilines is 1. The second-order valence-electron chi connectivity index (χ2n) is 5.76. The van der Waals surface area contributed by atoms with Crippen LogP contribution in [0.3, 0.4) is 0 Å². The smallest absolute Gasteiger partial charge is 0.371 e. The van der Waals surface area contributed by atoms with E-state index in [4.69, 9.17) is 9.52 Å². The standard InChI is InChI=1S/C15H23NO3/c1-11(2)9-10-16(12-5-3-4-6-12)14-8-7-13(19-14)15(17)18/h7-8,11-12H,3-6,9-10H2,1-2H3,(H,17,18). The van der Waals surface area contributed by atoms with Gasteiger partial charge in [-0.3, -0.25) is 0 Å². The van der Waals surface area contributed by atoms with Gasteiger partial charge in [0.2, 0.25) is 5.76 Å². The first-order valence-corrected chi connectivity index (χ1v) is 7.17. The first kappa shape index (κ1) is 14.0. The predicted octanol–water partition coefficient (Wildman–Crippen LogP) is 3.77. The largest absolute Gasteiger partial charge is 0.475 e. The highest BCUT2D eigenvalue weighted by Crippen LogP contribution is 2.30. The Labute approximate surface area is 114 Å². The zero-order valence-electron chi connectivity index (χ0n) is 11.8. The van der Waals surface area contributed by atoms with Crippen LogP contribution in [0, 0.1) is 5.92 Å². The molecule has 1 aliphatic rings. The van der Waals surface area contributed by atoms with Crippen molar-refractivity contribution in [3.05, 3.63) is 17.9 Å². The first-order chi connectivity index (χ1) is 9.08. The lowest BCUT2D eigenvalue weighted by Crippen LogP contribution is -2.34. The van der Waals surface area contributed by atoms with Gasteiger partial charge < -0.3 is 14.4 Å². The fourth-order valence-corrected chi connectivity index (χ4v) is 2.68. The Bertz CT molecular complexity index is 419. The molecule has 0 amide bonds. The number of hydrogen-bond donors (Lipinski definition) is 1. The monoisotopic (exact) mass is 265 g/mol. The Morgan fingerprint density at radius 2 is 2.11 bits per heavy atom. The van der Waals surface area contributed by atoms with E-state index in [-0.39, 0.29) is 5.76 Å². The maximum atomic E-state index is 10.9. The summed E-state index contributed by atoms with van der Waals surface area (Å²) in [4.78, 5) is 13.2. The quantitative estimate of drug-likeness (QED) is 0.850. The molecule has 1 fully saturated rings. The van der Waals surface area contributed by atoms with Crippen molar-refractivity contribution in [2.75, 3.05) is 11.4 Å². The number of carboxylic acid groups (broad SMARTS) is 1. The number of aromatic carboxylic acids is 1. The van der Waals surface area contributed by atoms with Crippen LogP contribution >= 0.6 is 0 Å². The zero-order chi connectivity index (χ0) is 13.8. The van der Waals surface area contributed by atoms with Crippen LogP contribution in [0.4, 0.5) is 5.88 Å². The van der Waals surface area contributed by atoms with Crippen molar-refractivity contribution in [1.29, 1.82) is 0 Å². The molecule has 1 aliphatic carbocycles. The molecule has 1 aromatic heterocycles. The topological polar surface area (TPSA) is 53.7 Å². The first-order valence-electron chi connectivity index (χ1n) is 7.17. The highest BCUT2D eigenvalue weighted by molar-refractivity contribution is 5.84. The van der Waals surface area contributed by atoms with Crippen LogP contribution in [0.5, 0.6) is 0 Å². The van der Waals surface area contributed by atoms with Crippen molar-refractivity contribution in [2.24, 2.45) is 5.92 Å².